The van der Waals surface area contributed by atoms with E-state index in [1.54, 1.807) is 23.1 Å². The third-order valence-corrected chi connectivity index (χ3v) is 5.73. The predicted molar refractivity (Wildman–Crippen MR) is 104 cm³/mol. The Morgan fingerprint density at radius 3 is 2.76 bits per heavy atom. The molecule has 25 heavy (non-hydrogen) atoms. The highest BCUT2D eigenvalue weighted by molar-refractivity contribution is 7.99. The topological polar surface area (TPSA) is 39.9 Å². The Morgan fingerprint density at radius 2 is 1.92 bits per heavy atom. The van der Waals surface area contributed by atoms with Crippen LogP contribution in [0.4, 0.5) is 0 Å². The highest BCUT2D eigenvalue weighted by Crippen LogP contribution is 2.26. The number of fused-ring (bicyclic) bond motifs is 1. The number of aromatic nitrogens is 3. The summed E-state index contributed by atoms with van der Waals surface area (Å²) in [5, 5.41) is 14.0. The molecule has 0 unspecified atom stereocenters. The average Bonchev–Trinajstić information content (AvgIpc) is 3.29. The van der Waals surface area contributed by atoms with Gasteiger partial charge in [0.2, 0.25) is 0 Å². The van der Waals surface area contributed by atoms with E-state index < -0.39 is 0 Å². The Kier molecular flexibility index (Phi) is 4.72. The van der Waals surface area contributed by atoms with Crippen molar-refractivity contribution in [3.63, 3.8) is 0 Å². The van der Waals surface area contributed by atoms with E-state index in [0.29, 0.717) is 6.61 Å². The van der Waals surface area contributed by atoms with Crippen LogP contribution in [0, 0.1) is 0 Å². The van der Waals surface area contributed by atoms with Crippen molar-refractivity contribution in [2.24, 2.45) is 7.05 Å². The first-order valence-electron chi connectivity index (χ1n) is 7.99. The van der Waals surface area contributed by atoms with Crippen molar-refractivity contribution in [3.05, 3.63) is 60.0 Å². The van der Waals surface area contributed by atoms with Gasteiger partial charge in [-0.2, -0.15) is 0 Å². The maximum Gasteiger partial charge on any atom is 0.191 e. The van der Waals surface area contributed by atoms with E-state index in [-0.39, 0.29) is 0 Å². The summed E-state index contributed by atoms with van der Waals surface area (Å²) in [7, 11) is 2.00. The van der Waals surface area contributed by atoms with Crippen molar-refractivity contribution in [1.82, 2.24) is 14.8 Å². The minimum atomic E-state index is 0.629. The maximum atomic E-state index is 5.88. The molecule has 0 saturated heterocycles. The third kappa shape index (κ3) is 3.55. The summed E-state index contributed by atoms with van der Waals surface area (Å²) < 4.78 is 7.91. The van der Waals surface area contributed by atoms with Crippen molar-refractivity contribution >= 4 is 33.9 Å². The molecule has 6 heteroatoms. The van der Waals surface area contributed by atoms with Crippen molar-refractivity contribution in [2.45, 2.75) is 5.16 Å². The summed E-state index contributed by atoms with van der Waals surface area (Å²) in [6.45, 7) is 0.629. The van der Waals surface area contributed by atoms with E-state index in [2.05, 4.69) is 40.5 Å². The lowest BCUT2D eigenvalue weighted by molar-refractivity contribution is 0.344. The fourth-order valence-corrected chi connectivity index (χ4v) is 4.08. The molecule has 0 bridgehead atoms. The Balaban J connectivity index is 1.35. The Hall–Kier alpha value is -2.31. The van der Waals surface area contributed by atoms with Gasteiger partial charge in [0.25, 0.3) is 0 Å². The summed E-state index contributed by atoms with van der Waals surface area (Å²) in [5.74, 6) is 2.63. The van der Waals surface area contributed by atoms with Gasteiger partial charge < -0.3 is 9.30 Å². The first kappa shape index (κ1) is 16.2. The normalized spacial score (nSPS) is 11.1. The quantitative estimate of drug-likeness (QED) is 0.360. The second-order valence-corrected chi connectivity index (χ2v) is 7.56. The minimum Gasteiger partial charge on any atom is -0.493 e. The van der Waals surface area contributed by atoms with Crippen molar-refractivity contribution in [1.29, 1.82) is 0 Å². The molecule has 0 aliphatic heterocycles. The number of thioether (sulfide) groups is 1. The third-order valence-electron chi connectivity index (χ3n) is 3.88. The molecule has 0 atom stereocenters. The first-order chi connectivity index (χ1) is 12.3. The summed E-state index contributed by atoms with van der Waals surface area (Å²) in [6.07, 6.45) is 0. The molecule has 0 N–H and O–H groups in total. The molecule has 0 amide bonds. The maximum absolute atomic E-state index is 5.88. The molecule has 2 aromatic carbocycles. The zero-order valence-electron chi connectivity index (χ0n) is 13.8. The number of ether oxygens (including phenoxy) is 1. The van der Waals surface area contributed by atoms with Crippen LogP contribution in [-0.4, -0.2) is 27.1 Å². The van der Waals surface area contributed by atoms with Gasteiger partial charge in [-0.25, -0.2) is 0 Å². The van der Waals surface area contributed by atoms with E-state index in [1.807, 2.05) is 41.3 Å². The number of benzene rings is 2. The van der Waals surface area contributed by atoms with Crippen LogP contribution in [0.2, 0.25) is 0 Å². The largest absolute Gasteiger partial charge is 0.493 e. The lowest BCUT2D eigenvalue weighted by atomic mass is 10.1. The van der Waals surface area contributed by atoms with Crippen LogP contribution in [0.3, 0.4) is 0 Å². The zero-order valence-corrected chi connectivity index (χ0v) is 15.4. The van der Waals surface area contributed by atoms with Crippen LogP contribution in [0.15, 0.2) is 65.1 Å². The van der Waals surface area contributed by atoms with Gasteiger partial charge >= 0.3 is 0 Å². The molecule has 4 rings (SSSR count). The van der Waals surface area contributed by atoms with Crippen molar-refractivity contribution < 1.29 is 4.74 Å². The molecule has 4 aromatic rings. The number of thiophene rings is 1. The summed E-state index contributed by atoms with van der Waals surface area (Å²) >= 11 is 3.33. The average molecular weight is 367 g/mol. The molecule has 0 fully saturated rings. The summed E-state index contributed by atoms with van der Waals surface area (Å²) in [4.78, 5) is 1.13. The second-order valence-electron chi connectivity index (χ2n) is 5.55. The van der Waals surface area contributed by atoms with Gasteiger partial charge in [0.1, 0.15) is 5.75 Å². The van der Waals surface area contributed by atoms with E-state index in [1.165, 1.54) is 10.8 Å². The van der Waals surface area contributed by atoms with Gasteiger partial charge in [-0.05, 0) is 34.4 Å². The van der Waals surface area contributed by atoms with Crippen LogP contribution in [-0.2, 0) is 7.05 Å². The van der Waals surface area contributed by atoms with Crippen LogP contribution in [0.5, 0.6) is 5.75 Å². The van der Waals surface area contributed by atoms with Gasteiger partial charge in [-0.1, -0.05) is 48.2 Å². The minimum absolute atomic E-state index is 0.629. The van der Waals surface area contributed by atoms with Gasteiger partial charge in [-0.3, -0.25) is 0 Å². The lowest BCUT2D eigenvalue weighted by Crippen LogP contribution is -2.02. The molecule has 4 nitrogen and oxygen atoms in total. The lowest BCUT2D eigenvalue weighted by Gasteiger charge is -2.07. The molecule has 0 saturated carbocycles. The fraction of sp³-hybridized carbons (Fsp3) is 0.158. The Labute approximate surface area is 154 Å². The molecule has 0 aliphatic rings. The Bertz CT molecular complexity index is 979. The van der Waals surface area contributed by atoms with Crippen molar-refractivity contribution in [2.75, 3.05) is 12.4 Å². The molecule has 0 radical (unpaired) electrons. The fourth-order valence-electron chi connectivity index (χ4n) is 2.61. The molecule has 126 valence electrons. The Morgan fingerprint density at radius 1 is 1.04 bits per heavy atom. The highest BCUT2D eigenvalue weighted by Gasteiger charge is 2.11. The molecule has 0 aliphatic carbocycles. The molecular weight excluding hydrogens is 350 g/mol. The SMILES string of the molecule is Cn1c(SCCOc2ccc3ccccc3c2)nnc1-c1cccs1. The summed E-state index contributed by atoms with van der Waals surface area (Å²) in [5.41, 5.74) is 0. The molecule has 0 spiro atoms. The van der Waals surface area contributed by atoms with Crippen LogP contribution in [0.1, 0.15) is 0 Å². The number of hydrogen-bond donors (Lipinski definition) is 0. The van der Waals surface area contributed by atoms with Gasteiger partial charge in [0, 0.05) is 12.8 Å². The van der Waals surface area contributed by atoms with Gasteiger partial charge in [0.15, 0.2) is 11.0 Å². The number of hydrogen-bond acceptors (Lipinski definition) is 5. The van der Waals surface area contributed by atoms with E-state index in [0.717, 1.165) is 27.4 Å². The highest BCUT2D eigenvalue weighted by atomic mass is 32.2. The predicted octanol–water partition coefficient (Wildman–Crippen LogP) is 4.87. The monoisotopic (exact) mass is 367 g/mol. The second kappa shape index (κ2) is 7.29. The summed E-state index contributed by atoms with van der Waals surface area (Å²) in [6, 6.07) is 18.6. The van der Waals surface area contributed by atoms with Crippen molar-refractivity contribution in [3.8, 4) is 16.5 Å². The van der Waals surface area contributed by atoms with Crippen LogP contribution in [0.25, 0.3) is 21.5 Å². The molecule has 2 heterocycles. The van der Waals surface area contributed by atoms with Crippen LogP contribution < -0.4 is 4.74 Å². The van der Waals surface area contributed by atoms with E-state index >= 15 is 0 Å². The first-order valence-corrected chi connectivity index (χ1v) is 9.85. The molecule has 2 aromatic heterocycles. The zero-order chi connectivity index (χ0) is 17.1. The standard InChI is InChI=1S/C19H17N3OS2/c1-22-18(17-7-4-11-24-17)20-21-19(22)25-12-10-23-16-9-8-14-5-2-3-6-15(14)13-16/h2-9,11,13H,10,12H2,1H3. The number of rotatable bonds is 6. The van der Waals surface area contributed by atoms with Gasteiger partial charge in [0.05, 0.1) is 11.5 Å². The van der Waals surface area contributed by atoms with Crippen LogP contribution >= 0.6 is 23.1 Å². The number of nitrogens with zero attached hydrogens (tertiary/aromatic N) is 3. The molecular formula is C19H17N3OS2. The van der Waals surface area contributed by atoms with E-state index in [4.69, 9.17) is 4.74 Å². The smallest absolute Gasteiger partial charge is 0.191 e. The van der Waals surface area contributed by atoms with Gasteiger partial charge in [-0.15, -0.1) is 21.5 Å². The van der Waals surface area contributed by atoms with E-state index in [9.17, 15) is 0 Å².